The van der Waals surface area contributed by atoms with Crippen LogP contribution < -0.4 is 4.43 Å². The molecule has 0 fully saturated rings. The van der Waals surface area contributed by atoms with Crippen molar-refractivity contribution in [2.45, 2.75) is 26.2 Å². The Morgan fingerprint density at radius 1 is 1.40 bits per heavy atom. The van der Waals surface area contributed by atoms with Crippen molar-refractivity contribution in [2.75, 3.05) is 0 Å². The van der Waals surface area contributed by atoms with Crippen molar-refractivity contribution in [1.82, 2.24) is 0 Å². The molecule has 1 N–H and O–H groups in total. The molecule has 3 nitrogen and oxygen atoms in total. The Hall–Kier alpha value is -1.13. The molecule has 0 spiro atoms. The van der Waals surface area contributed by atoms with E-state index >= 15 is 0 Å². The van der Waals surface area contributed by atoms with Crippen molar-refractivity contribution < 1.29 is 14.3 Å². The normalized spacial score (nSPS) is 11.2. The molecule has 0 bridgehead atoms. The molecule has 0 heterocycles. The number of rotatable bonds is 4. The van der Waals surface area contributed by atoms with Crippen LogP contribution in [0.5, 0.6) is 5.75 Å². The molecule has 4 heteroatoms. The smallest absolute Gasteiger partial charge is 0.242 e. The topological polar surface area (TPSA) is 46.5 Å². The van der Waals surface area contributed by atoms with E-state index in [0.29, 0.717) is 11.3 Å². The van der Waals surface area contributed by atoms with Crippen LogP contribution in [0.4, 0.5) is 0 Å². The zero-order valence-electron chi connectivity index (χ0n) is 9.28. The predicted molar refractivity (Wildman–Crippen MR) is 61.7 cm³/mol. The van der Waals surface area contributed by atoms with Gasteiger partial charge in [0.15, 0.2) is 6.29 Å². The molecule has 15 heavy (non-hydrogen) atoms. The molecule has 1 aromatic rings. The zero-order valence-corrected chi connectivity index (χ0v) is 10.3. The van der Waals surface area contributed by atoms with Gasteiger partial charge in [-0.2, -0.15) is 0 Å². The van der Waals surface area contributed by atoms with Crippen molar-refractivity contribution in [3.8, 4) is 5.75 Å². The minimum absolute atomic E-state index is 0.0614. The highest BCUT2D eigenvalue weighted by Crippen LogP contribution is 2.21. The van der Waals surface area contributed by atoms with Crippen LogP contribution in [0.3, 0.4) is 0 Å². The lowest BCUT2D eigenvalue weighted by molar-refractivity contribution is 0.112. The highest BCUT2D eigenvalue weighted by atomic mass is 28.4. The van der Waals surface area contributed by atoms with E-state index in [-0.39, 0.29) is 6.61 Å². The van der Waals surface area contributed by atoms with Crippen LogP contribution in [-0.2, 0) is 6.61 Å². The number of benzene rings is 1. The quantitative estimate of drug-likeness (QED) is 0.630. The van der Waals surface area contributed by atoms with E-state index < -0.39 is 8.32 Å². The van der Waals surface area contributed by atoms with Gasteiger partial charge in [0, 0.05) is 0 Å². The Balaban J connectivity index is 3.03. The molecular weight excluding hydrogens is 208 g/mol. The van der Waals surface area contributed by atoms with E-state index in [0.717, 1.165) is 11.8 Å². The summed E-state index contributed by atoms with van der Waals surface area (Å²) in [5.74, 6) is 0.612. The predicted octanol–water partition coefficient (Wildman–Crippen LogP) is 2.21. The second kappa shape index (κ2) is 4.59. The number of hydrogen-bond donors (Lipinski definition) is 1. The molecule has 0 saturated heterocycles. The van der Waals surface area contributed by atoms with Crippen LogP contribution in [0.15, 0.2) is 18.2 Å². The summed E-state index contributed by atoms with van der Waals surface area (Å²) in [6, 6.07) is 5.17. The first-order valence-corrected chi connectivity index (χ1v) is 8.25. The van der Waals surface area contributed by atoms with Gasteiger partial charge < -0.3 is 9.53 Å². The molecule has 0 saturated carbocycles. The highest BCUT2D eigenvalue weighted by molar-refractivity contribution is 6.70. The molecular formula is C11H16O3Si. The summed E-state index contributed by atoms with van der Waals surface area (Å²) in [7, 11) is -1.69. The molecule has 1 aromatic carbocycles. The van der Waals surface area contributed by atoms with Crippen LogP contribution in [0, 0.1) is 0 Å². The minimum atomic E-state index is -1.69. The van der Waals surface area contributed by atoms with Gasteiger partial charge in [0.1, 0.15) is 5.75 Å². The number of aldehydes is 1. The maximum absolute atomic E-state index is 10.8. The summed E-state index contributed by atoms with van der Waals surface area (Å²) in [4.78, 5) is 10.8. The van der Waals surface area contributed by atoms with E-state index in [4.69, 9.17) is 9.53 Å². The average molecular weight is 224 g/mol. The number of carbonyl (C=O) groups is 1. The van der Waals surface area contributed by atoms with E-state index in [1.807, 2.05) is 0 Å². The largest absolute Gasteiger partial charge is 0.544 e. The van der Waals surface area contributed by atoms with E-state index in [1.54, 1.807) is 18.2 Å². The Morgan fingerprint density at radius 2 is 2.07 bits per heavy atom. The monoisotopic (exact) mass is 224 g/mol. The first-order chi connectivity index (χ1) is 6.96. The van der Waals surface area contributed by atoms with Gasteiger partial charge in [-0.15, -0.1) is 0 Å². The third-order valence-electron chi connectivity index (χ3n) is 1.80. The Morgan fingerprint density at radius 3 is 2.53 bits per heavy atom. The Labute approximate surface area is 90.8 Å². The first kappa shape index (κ1) is 11.9. The maximum Gasteiger partial charge on any atom is 0.242 e. The average Bonchev–Trinajstić information content (AvgIpc) is 2.16. The SMILES string of the molecule is C[Si](C)(C)Oc1ccc(CO)cc1C=O. The Bertz CT molecular complexity index is 355. The fourth-order valence-corrected chi connectivity index (χ4v) is 2.06. The van der Waals surface area contributed by atoms with Crippen LogP contribution in [0.1, 0.15) is 15.9 Å². The van der Waals surface area contributed by atoms with Crippen LogP contribution in [0.25, 0.3) is 0 Å². The van der Waals surface area contributed by atoms with E-state index in [2.05, 4.69) is 19.6 Å². The number of aliphatic hydroxyl groups is 1. The molecule has 0 aliphatic heterocycles. The van der Waals surface area contributed by atoms with Gasteiger partial charge in [0.05, 0.1) is 12.2 Å². The van der Waals surface area contributed by atoms with Gasteiger partial charge in [0.25, 0.3) is 0 Å². The zero-order chi connectivity index (χ0) is 11.5. The lowest BCUT2D eigenvalue weighted by Gasteiger charge is -2.20. The summed E-state index contributed by atoms with van der Waals surface area (Å²) in [5, 5.41) is 8.93. The van der Waals surface area contributed by atoms with Gasteiger partial charge in [-0.25, -0.2) is 0 Å². The van der Waals surface area contributed by atoms with Gasteiger partial charge in [-0.3, -0.25) is 4.79 Å². The van der Waals surface area contributed by atoms with Gasteiger partial charge >= 0.3 is 0 Å². The summed E-state index contributed by atoms with van der Waals surface area (Å²) < 4.78 is 5.75. The first-order valence-electron chi connectivity index (χ1n) is 4.84. The summed E-state index contributed by atoms with van der Waals surface area (Å²) in [6.07, 6.45) is 0.759. The van der Waals surface area contributed by atoms with Crippen molar-refractivity contribution in [3.63, 3.8) is 0 Å². The molecule has 0 radical (unpaired) electrons. The molecule has 0 aliphatic rings. The minimum Gasteiger partial charge on any atom is -0.544 e. The maximum atomic E-state index is 10.8. The third kappa shape index (κ3) is 3.49. The highest BCUT2D eigenvalue weighted by Gasteiger charge is 2.18. The number of hydrogen-bond acceptors (Lipinski definition) is 3. The number of carbonyl (C=O) groups excluding carboxylic acids is 1. The van der Waals surface area contributed by atoms with Gasteiger partial charge in [0.2, 0.25) is 8.32 Å². The second-order valence-corrected chi connectivity index (χ2v) is 8.79. The summed E-state index contributed by atoms with van der Waals surface area (Å²) in [5.41, 5.74) is 1.23. The lowest BCUT2D eigenvalue weighted by atomic mass is 10.1. The molecule has 1 rings (SSSR count). The van der Waals surface area contributed by atoms with Crippen LogP contribution in [0.2, 0.25) is 19.6 Å². The van der Waals surface area contributed by atoms with E-state index in [9.17, 15) is 4.79 Å². The van der Waals surface area contributed by atoms with Crippen molar-refractivity contribution >= 4 is 14.6 Å². The van der Waals surface area contributed by atoms with E-state index in [1.165, 1.54) is 0 Å². The van der Waals surface area contributed by atoms with Crippen molar-refractivity contribution in [1.29, 1.82) is 0 Å². The lowest BCUT2D eigenvalue weighted by Crippen LogP contribution is -2.29. The van der Waals surface area contributed by atoms with Gasteiger partial charge in [-0.05, 0) is 37.3 Å². The second-order valence-electron chi connectivity index (χ2n) is 4.36. The third-order valence-corrected chi connectivity index (χ3v) is 2.63. The Kier molecular flexibility index (Phi) is 3.65. The molecule has 0 aliphatic carbocycles. The van der Waals surface area contributed by atoms with Gasteiger partial charge in [-0.1, -0.05) is 6.07 Å². The standard InChI is InChI=1S/C11H16O3Si/c1-15(2,3)14-11-5-4-9(7-12)6-10(11)8-13/h4-6,8,12H,7H2,1-3H3. The molecule has 0 aromatic heterocycles. The fraction of sp³-hybridized carbons (Fsp3) is 0.364. The molecule has 0 unspecified atom stereocenters. The van der Waals surface area contributed by atoms with Crippen LogP contribution in [-0.4, -0.2) is 19.7 Å². The molecule has 0 atom stereocenters. The summed E-state index contributed by atoms with van der Waals surface area (Å²) >= 11 is 0. The summed E-state index contributed by atoms with van der Waals surface area (Å²) in [6.45, 7) is 6.11. The molecule has 0 amide bonds. The van der Waals surface area contributed by atoms with Crippen molar-refractivity contribution in [2.24, 2.45) is 0 Å². The molecule has 82 valence electrons. The number of aliphatic hydroxyl groups excluding tert-OH is 1. The van der Waals surface area contributed by atoms with Crippen molar-refractivity contribution in [3.05, 3.63) is 29.3 Å². The van der Waals surface area contributed by atoms with Crippen LogP contribution >= 0.6 is 0 Å². The fourth-order valence-electron chi connectivity index (χ4n) is 1.21.